The third-order valence-electron chi connectivity index (χ3n) is 5.87. The highest BCUT2D eigenvalue weighted by Gasteiger charge is 2.40. The molecule has 2 aliphatic rings. The van der Waals surface area contributed by atoms with Gasteiger partial charge in [0, 0.05) is 5.92 Å². The normalized spacial score (nSPS) is 29.0. The minimum atomic E-state index is -1.07. The van der Waals surface area contributed by atoms with E-state index in [9.17, 15) is 19.8 Å². The number of aliphatic carboxylic acids is 1. The van der Waals surface area contributed by atoms with Crippen molar-refractivity contribution in [2.24, 2.45) is 23.7 Å². The third-order valence-corrected chi connectivity index (χ3v) is 5.87. The number of esters is 1. The molecule has 0 aromatic heterocycles. The van der Waals surface area contributed by atoms with Crippen LogP contribution in [0, 0.1) is 23.7 Å². The molecule has 2 aliphatic carbocycles. The lowest BCUT2D eigenvalue weighted by Gasteiger charge is -2.42. The molecular weight excluding hydrogens is 360 g/mol. The van der Waals surface area contributed by atoms with Crippen molar-refractivity contribution in [3.8, 4) is 0 Å². The van der Waals surface area contributed by atoms with Gasteiger partial charge < -0.3 is 20.1 Å². The molecular formula is C22H34O6. The second kappa shape index (κ2) is 10.2. The highest BCUT2D eigenvalue weighted by atomic mass is 16.5. The zero-order valence-corrected chi connectivity index (χ0v) is 17.1. The number of fused-ring (bicyclic) bond motifs is 1. The Morgan fingerprint density at radius 2 is 1.96 bits per heavy atom. The van der Waals surface area contributed by atoms with E-state index in [4.69, 9.17) is 9.84 Å². The van der Waals surface area contributed by atoms with Crippen molar-refractivity contribution in [3.05, 3.63) is 23.8 Å². The molecule has 0 spiro atoms. The average Bonchev–Trinajstić information content (AvgIpc) is 2.60. The van der Waals surface area contributed by atoms with Gasteiger partial charge >= 0.3 is 11.9 Å². The molecule has 158 valence electrons. The molecule has 6 nitrogen and oxygen atoms in total. The summed E-state index contributed by atoms with van der Waals surface area (Å²) in [6.45, 7) is 5.81. The SMILES string of the molecule is CC(C)C(=O)O[C@H]1CCC=C2C=C[C@H](C)[C@H](CC[C@@H](O)C[C@@H](O)CC(=O)O)[C@H]21. The van der Waals surface area contributed by atoms with Gasteiger partial charge in [-0.15, -0.1) is 0 Å². The second-order valence-electron chi connectivity index (χ2n) is 8.54. The van der Waals surface area contributed by atoms with E-state index in [1.165, 1.54) is 5.57 Å². The van der Waals surface area contributed by atoms with Gasteiger partial charge in [0.1, 0.15) is 6.10 Å². The molecule has 0 unspecified atom stereocenters. The first-order chi connectivity index (χ1) is 13.2. The summed E-state index contributed by atoms with van der Waals surface area (Å²) in [6.07, 6.45) is 7.18. The van der Waals surface area contributed by atoms with E-state index < -0.39 is 18.2 Å². The Labute approximate surface area is 167 Å². The number of hydrogen-bond acceptors (Lipinski definition) is 5. The first kappa shape index (κ1) is 22.6. The molecule has 6 heteroatoms. The summed E-state index contributed by atoms with van der Waals surface area (Å²) < 4.78 is 5.83. The molecule has 0 amide bonds. The van der Waals surface area contributed by atoms with Crippen molar-refractivity contribution in [2.45, 2.75) is 77.6 Å². The lowest BCUT2D eigenvalue weighted by molar-refractivity contribution is -0.157. The van der Waals surface area contributed by atoms with Crippen LogP contribution in [0.5, 0.6) is 0 Å². The summed E-state index contributed by atoms with van der Waals surface area (Å²) >= 11 is 0. The Morgan fingerprint density at radius 1 is 1.25 bits per heavy atom. The van der Waals surface area contributed by atoms with Gasteiger partial charge in [0.05, 0.1) is 24.5 Å². The Hall–Kier alpha value is -1.66. The Kier molecular flexibility index (Phi) is 8.25. The molecule has 3 N–H and O–H groups in total. The van der Waals surface area contributed by atoms with Crippen LogP contribution in [0.2, 0.25) is 0 Å². The van der Waals surface area contributed by atoms with E-state index in [1.54, 1.807) is 0 Å². The maximum Gasteiger partial charge on any atom is 0.308 e. The van der Waals surface area contributed by atoms with Crippen LogP contribution in [0.4, 0.5) is 0 Å². The lowest BCUT2D eigenvalue weighted by Crippen LogP contribution is -2.40. The van der Waals surface area contributed by atoms with Gasteiger partial charge in [-0.25, -0.2) is 0 Å². The van der Waals surface area contributed by atoms with Crippen LogP contribution < -0.4 is 0 Å². The number of rotatable bonds is 9. The van der Waals surface area contributed by atoms with Crippen molar-refractivity contribution in [2.75, 3.05) is 0 Å². The molecule has 28 heavy (non-hydrogen) atoms. The summed E-state index contributed by atoms with van der Waals surface area (Å²) in [6, 6.07) is 0. The lowest BCUT2D eigenvalue weighted by atomic mass is 9.66. The first-order valence-electron chi connectivity index (χ1n) is 10.4. The van der Waals surface area contributed by atoms with E-state index in [2.05, 4.69) is 25.2 Å². The molecule has 0 aromatic rings. The fourth-order valence-electron chi connectivity index (χ4n) is 4.34. The number of carbonyl (C=O) groups excluding carboxylic acids is 1. The summed E-state index contributed by atoms with van der Waals surface area (Å²) in [7, 11) is 0. The topological polar surface area (TPSA) is 104 Å². The van der Waals surface area contributed by atoms with Crippen LogP contribution in [-0.2, 0) is 14.3 Å². The van der Waals surface area contributed by atoms with Crippen LogP contribution in [0.25, 0.3) is 0 Å². The van der Waals surface area contributed by atoms with E-state index in [0.29, 0.717) is 6.42 Å². The maximum atomic E-state index is 12.2. The first-order valence-corrected chi connectivity index (χ1v) is 10.4. The quantitative estimate of drug-likeness (QED) is 0.519. The Balaban J connectivity index is 2.03. The molecule has 0 radical (unpaired) electrons. The van der Waals surface area contributed by atoms with Crippen molar-refractivity contribution in [3.63, 3.8) is 0 Å². The summed E-state index contributed by atoms with van der Waals surface area (Å²) in [5.41, 5.74) is 1.20. The second-order valence-corrected chi connectivity index (χ2v) is 8.54. The van der Waals surface area contributed by atoms with Crippen molar-refractivity contribution in [1.82, 2.24) is 0 Å². The number of carbonyl (C=O) groups is 2. The summed E-state index contributed by atoms with van der Waals surface area (Å²) in [5, 5.41) is 28.7. The monoisotopic (exact) mass is 394 g/mol. The van der Waals surface area contributed by atoms with Crippen LogP contribution in [-0.4, -0.2) is 45.6 Å². The largest absolute Gasteiger partial charge is 0.481 e. The van der Waals surface area contributed by atoms with Gasteiger partial charge in [0.2, 0.25) is 0 Å². The fourth-order valence-corrected chi connectivity index (χ4v) is 4.34. The van der Waals surface area contributed by atoms with E-state index in [-0.39, 0.29) is 48.6 Å². The molecule has 0 bridgehead atoms. The van der Waals surface area contributed by atoms with E-state index in [1.807, 2.05) is 13.8 Å². The highest BCUT2D eigenvalue weighted by molar-refractivity contribution is 5.71. The Bertz CT molecular complexity index is 608. The molecule has 2 rings (SSSR count). The van der Waals surface area contributed by atoms with Crippen LogP contribution in [0.1, 0.15) is 59.3 Å². The number of aliphatic hydroxyl groups is 2. The minimum absolute atomic E-state index is 0.0579. The predicted octanol–water partition coefficient (Wildman–Crippen LogP) is 3.08. The van der Waals surface area contributed by atoms with E-state index >= 15 is 0 Å². The predicted molar refractivity (Wildman–Crippen MR) is 105 cm³/mol. The van der Waals surface area contributed by atoms with Crippen molar-refractivity contribution < 1.29 is 29.6 Å². The zero-order valence-electron chi connectivity index (χ0n) is 17.1. The number of carboxylic acids is 1. The van der Waals surface area contributed by atoms with Gasteiger partial charge in [-0.2, -0.15) is 0 Å². The standard InChI is InChI=1S/C22H34O6/c1-13(2)22(27)28-19-6-4-5-15-8-7-14(3)18(21(15)19)10-9-16(23)11-17(24)12-20(25)26/h5,7-8,13-14,16-19,21,23-24H,4,6,9-12H2,1-3H3,(H,25,26)/t14-,16+,17+,18-,19-,21-/m0/s1. The van der Waals surface area contributed by atoms with Gasteiger partial charge in [-0.1, -0.05) is 39.0 Å². The smallest absolute Gasteiger partial charge is 0.308 e. The van der Waals surface area contributed by atoms with Gasteiger partial charge in [-0.3, -0.25) is 9.59 Å². The Morgan fingerprint density at radius 3 is 2.61 bits per heavy atom. The fraction of sp³-hybridized carbons (Fsp3) is 0.727. The molecule has 0 saturated carbocycles. The van der Waals surface area contributed by atoms with Crippen LogP contribution in [0.15, 0.2) is 23.8 Å². The number of ether oxygens (including phenoxy) is 1. The third kappa shape index (κ3) is 6.17. The van der Waals surface area contributed by atoms with Crippen LogP contribution in [0.3, 0.4) is 0 Å². The number of carboxylic acid groups (broad SMARTS) is 1. The molecule has 0 aromatic carbocycles. The van der Waals surface area contributed by atoms with Crippen molar-refractivity contribution >= 4 is 11.9 Å². The number of hydrogen-bond donors (Lipinski definition) is 3. The highest BCUT2D eigenvalue weighted by Crippen LogP contribution is 2.43. The molecule has 6 atom stereocenters. The van der Waals surface area contributed by atoms with Gasteiger partial charge in [-0.05, 0) is 49.5 Å². The summed E-state index contributed by atoms with van der Waals surface area (Å²) in [4.78, 5) is 22.8. The number of allylic oxidation sites excluding steroid dienone is 3. The number of aliphatic hydroxyl groups excluding tert-OH is 2. The van der Waals surface area contributed by atoms with Gasteiger partial charge in [0.25, 0.3) is 0 Å². The van der Waals surface area contributed by atoms with Crippen LogP contribution >= 0.6 is 0 Å². The van der Waals surface area contributed by atoms with E-state index in [0.717, 1.165) is 19.3 Å². The molecule has 0 saturated heterocycles. The minimum Gasteiger partial charge on any atom is -0.481 e. The molecule has 0 fully saturated rings. The van der Waals surface area contributed by atoms with Gasteiger partial charge in [0.15, 0.2) is 0 Å². The van der Waals surface area contributed by atoms with Crippen molar-refractivity contribution in [1.29, 1.82) is 0 Å². The summed E-state index contributed by atoms with van der Waals surface area (Å²) in [5.74, 6) is -0.777. The molecule has 0 heterocycles. The average molecular weight is 395 g/mol. The molecule has 0 aliphatic heterocycles. The maximum absolute atomic E-state index is 12.2. The zero-order chi connectivity index (χ0) is 20.8.